The number of halogens is 2. The smallest absolute Gasteiger partial charge is 0.191 e. The molecule has 1 rings (SSSR count). The van der Waals surface area contributed by atoms with Crippen molar-refractivity contribution < 1.29 is 8.78 Å². The SMILES string of the molecule is Cc1cn(C(F)F)nn1. The van der Waals surface area contributed by atoms with Gasteiger partial charge in [0.1, 0.15) is 0 Å². The van der Waals surface area contributed by atoms with Gasteiger partial charge in [-0.05, 0) is 6.92 Å². The number of hydrogen-bond donors (Lipinski definition) is 0. The summed E-state index contributed by atoms with van der Waals surface area (Å²) in [5.41, 5.74) is 0.496. The Morgan fingerprint density at radius 2 is 2.33 bits per heavy atom. The fraction of sp³-hybridized carbons (Fsp3) is 0.500. The average molecular weight is 133 g/mol. The lowest BCUT2D eigenvalue weighted by Gasteiger charge is -1.92. The van der Waals surface area contributed by atoms with Crippen molar-refractivity contribution in [3.8, 4) is 0 Å². The molecular weight excluding hydrogens is 128 g/mol. The standard InChI is InChI=1S/C4H5F2N3/c1-3-2-9(4(5)6)8-7-3/h2,4H,1H3. The van der Waals surface area contributed by atoms with Crippen LogP contribution in [-0.4, -0.2) is 15.0 Å². The summed E-state index contributed by atoms with van der Waals surface area (Å²) in [5, 5.41) is 6.50. The first-order valence-corrected chi connectivity index (χ1v) is 2.37. The third-order valence-corrected chi connectivity index (χ3v) is 0.825. The van der Waals surface area contributed by atoms with Gasteiger partial charge in [0.2, 0.25) is 0 Å². The molecule has 0 radical (unpaired) electrons. The molecule has 3 nitrogen and oxygen atoms in total. The second-order valence-corrected chi connectivity index (χ2v) is 1.62. The molecule has 0 aliphatic heterocycles. The Bertz CT molecular complexity index is 195. The second-order valence-electron chi connectivity index (χ2n) is 1.62. The summed E-state index contributed by atoms with van der Waals surface area (Å²) < 4.78 is 23.8. The van der Waals surface area contributed by atoms with Gasteiger partial charge >= 0.3 is 6.55 Å². The molecular formula is C4H5F2N3. The Labute approximate surface area is 50.3 Å². The first-order valence-electron chi connectivity index (χ1n) is 2.37. The fourth-order valence-electron chi connectivity index (χ4n) is 0.461. The van der Waals surface area contributed by atoms with E-state index in [1.165, 1.54) is 6.20 Å². The first kappa shape index (κ1) is 6.12. The van der Waals surface area contributed by atoms with Crippen LogP contribution in [0.1, 0.15) is 12.2 Å². The van der Waals surface area contributed by atoms with Crippen molar-refractivity contribution in [1.29, 1.82) is 0 Å². The zero-order valence-electron chi connectivity index (χ0n) is 4.75. The van der Waals surface area contributed by atoms with Gasteiger partial charge < -0.3 is 0 Å². The average Bonchev–Trinajstić information content (AvgIpc) is 2.14. The molecule has 9 heavy (non-hydrogen) atoms. The van der Waals surface area contributed by atoms with Gasteiger partial charge in [-0.25, -0.2) is 0 Å². The van der Waals surface area contributed by atoms with Crippen LogP contribution in [0.15, 0.2) is 6.20 Å². The van der Waals surface area contributed by atoms with Crippen LogP contribution in [0.2, 0.25) is 0 Å². The third-order valence-electron chi connectivity index (χ3n) is 0.825. The lowest BCUT2D eigenvalue weighted by molar-refractivity contribution is 0.0546. The molecule has 50 valence electrons. The van der Waals surface area contributed by atoms with Crippen molar-refractivity contribution in [3.05, 3.63) is 11.9 Å². The monoisotopic (exact) mass is 133 g/mol. The van der Waals surface area contributed by atoms with E-state index in [0.717, 1.165) is 0 Å². The number of alkyl halides is 2. The molecule has 0 atom stereocenters. The van der Waals surface area contributed by atoms with Crippen LogP contribution in [0.4, 0.5) is 8.78 Å². The number of hydrogen-bond acceptors (Lipinski definition) is 2. The normalized spacial score (nSPS) is 10.7. The van der Waals surface area contributed by atoms with Gasteiger partial charge in [0.15, 0.2) is 0 Å². The van der Waals surface area contributed by atoms with E-state index in [-0.39, 0.29) is 0 Å². The molecule has 0 N–H and O–H groups in total. The van der Waals surface area contributed by atoms with E-state index in [1.807, 2.05) is 0 Å². The van der Waals surface area contributed by atoms with Crippen LogP contribution in [0.25, 0.3) is 0 Å². The van der Waals surface area contributed by atoms with E-state index < -0.39 is 6.55 Å². The van der Waals surface area contributed by atoms with E-state index in [4.69, 9.17) is 0 Å². The van der Waals surface area contributed by atoms with Gasteiger partial charge in [0.05, 0.1) is 11.9 Å². The summed E-state index contributed by atoms with van der Waals surface area (Å²) in [7, 11) is 0. The molecule has 0 aliphatic carbocycles. The highest BCUT2D eigenvalue weighted by molar-refractivity contribution is 4.86. The second kappa shape index (κ2) is 2.08. The Balaban J connectivity index is 2.85. The number of rotatable bonds is 1. The van der Waals surface area contributed by atoms with Crippen molar-refractivity contribution in [2.45, 2.75) is 13.5 Å². The minimum absolute atomic E-state index is 0.496. The van der Waals surface area contributed by atoms with Crippen molar-refractivity contribution in [1.82, 2.24) is 15.0 Å². The Morgan fingerprint density at radius 1 is 1.67 bits per heavy atom. The number of nitrogens with zero attached hydrogens (tertiary/aromatic N) is 3. The van der Waals surface area contributed by atoms with Gasteiger partial charge in [-0.2, -0.15) is 13.5 Å². The summed E-state index contributed by atoms with van der Waals surface area (Å²) in [5.74, 6) is 0. The number of aromatic nitrogens is 3. The summed E-state index contributed by atoms with van der Waals surface area (Å²) >= 11 is 0. The first-order chi connectivity index (χ1) is 4.20. The van der Waals surface area contributed by atoms with Crippen molar-refractivity contribution in [2.24, 2.45) is 0 Å². The fourth-order valence-corrected chi connectivity index (χ4v) is 0.461. The van der Waals surface area contributed by atoms with Crippen LogP contribution >= 0.6 is 0 Å². The molecule has 1 aromatic rings. The van der Waals surface area contributed by atoms with Gasteiger partial charge in [-0.1, -0.05) is 5.21 Å². The predicted molar refractivity (Wildman–Crippen MR) is 26.0 cm³/mol. The Hall–Kier alpha value is -1.00. The van der Waals surface area contributed by atoms with Gasteiger partial charge in [0, 0.05) is 0 Å². The molecule has 0 aliphatic rings. The molecule has 0 bridgehead atoms. The lowest BCUT2D eigenvalue weighted by atomic mass is 10.6. The molecule has 0 spiro atoms. The van der Waals surface area contributed by atoms with E-state index in [1.54, 1.807) is 6.92 Å². The minimum atomic E-state index is -2.58. The molecule has 0 fully saturated rings. The van der Waals surface area contributed by atoms with Crippen molar-refractivity contribution in [3.63, 3.8) is 0 Å². The van der Waals surface area contributed by atoms with E-state index in [2.05, 4.69) is 10.3 Å². The molecule has 1 heterocycles. The molecule has 0 aromatic carbocycles. The highest BCUT2D eigenvalue weighted by atomic mass is 19.3. The zero-order chi connectivity index (χ0) is 6.85. The highest BCUT2D eigenvalue weighted by Gasteiger charge is 2.05. The minimum Gasteiger partial charge on any atom is -0.191 e. The maximum absolute atomic E-state index is 11.6. The van der Waals surface area contributed by atoms with Crippen LogP contribution in [0, 0.1) is 6.92 Å². The molecule has 0 amide bonds. The summed E-state index contributed by atoms with van der Waals surface area (Å²) in [6, 6.07) is 0. The maximum Gasteiger partial charge on any atom is 0.334 e. The van der Waals surface area contributed by atoms with Crippen LogP contribution in [-0.2, 0) is 0 Å². The van der Waals surface area contributed by atoms with Crippen molar-refractivity contribution >= 4 is 0 Å². The van der Waals surface area contributed by atoms with Crippen LogP contribution in [0.5, 0.6) is 0 Å². The topological polar surface area (TPSA) is 30.7 Å². The molecule has 0 unspecified atom stereocenters. The predicted octanol–water partition coefficient (Wildman–Crippen LogP) is 0.982. The third kappa shape index (κ3) is 1.22. The molecule has 1 aromatic heterocycles. The Kier molecular flexibility index (Phi) is 1.42. The van der Waals surface area contributed by atoms with E-state index >= 15 is 0 Å². The zero-order valence-corrected chi connectivity index (χ0v) is 4.75. The lowest BCUT2D eigenvalue weighted by Crippen LogP contribution is -1.97. The number of aryl methyl sites for hydroxylation is 1. The van der Waals surface area contributed by atoms with E-state index in [9.17, 15) is 8.78 Å². The van der Waals surface area contributed by atoms with E-state index in [0.29, 0.717) is 10.4 Å². The Morgan fingerprint density at radius 3 is 2.56 bits per heavy atom. The van der Waals surface area contributed by atoms with Crippen molar-refractivity contribution in [2.75, 3.05) is 0 Å². The summed E-state index contributed by atoms with van der Waals surface area (Å²) in [4.78, 5) is 0. The quantitative estimate of drug-likeness (QED) is 0.571. The van der Waals surface area contributed by atoms with Crippen LogP contribution in [0.3, 0.4) is 0 Å². The highest BCUT2D eigenvalue weighted by Crippen LogP contribution is 2.06. The summed E-state index contributed by atoms with van der Waals surface area (Å²) in [6.07, 6.45) is 1.19. The summed E-state index contributed by atoms with van der Waals surface area (Å²) in [6.45, 7) is -0.975. The largest absolute Gasteiger partial charge is 0.334 e. The maximum atomic E-state index is 11.6. The van der Waals surface area contributed by atoms with Gasteiger partial charge in [-0.3, -0.25) is 0 Å². The molecule has 0 saturated carbocycles. The van der Waals surface area contributed by atoms with Gasteiger partial charge in [0.25, 0.3) is 0 Å². The molecule has 0 saturated heterocycles. The molecule has 5 heteroatoms. The van der Waals surface area contributed by atoms with Crippen LogP contribution < -0.4 is 0 Å². The van der Waals surface area contributed by atoms with Gasteiger partial charge in [-0.15, -0.1) is 5.10 Å².